The van der Waals surface area contributed by atoms with Gasteiger partial charge in [0.05, 0.1) is 11.3 Å². The van der Waals surface area contributed by atoms with E-state index in [2.05, 4.69) is 0 Å². The topological polar surface area (TPSA) is 75.9 Å². The Bertz CT molecular complexity index is 1610. The summed E-state index contributed by atoms with van der Waals surface area (Å²) in [5.74, 6) is 0.233. The molecule has 8 heteroatoms. The highest BCUT2D eigenvalue weighted by molar-refractivity contribution is 7.22. The molecule has 0 bridgehead atoms. The zero-order chi connectivity index (χ0) is 24.5. The Balaban J connectivity index is 1.63. The highest BCUT2D eigenvalue weighted by Crippen LogP contribution is 2.35. The quantitative estimate of drug-likeness (QED) is 0.233. The normalized spacial score (nSPS) is 11.5. The average Bonchev–Trinajstić information content (AvgIpc) is 3.28. The van der Waals surface area contributed by atoms with Crippen molar-refractivity contribution in [1.29, 1.82) is 0 Å². The van der Waals surface area contributed by atoms with Gasteiger partial charge in [-0.2, -0.15) is 0 Å². The van der Waals surface area contributed by atoms with Gasteiger partial charge in [-0.3, -0.25) is 9.69 Å². The molecule has 35 heavy (non-hydrogen) atoms. The summed E-state index contributed by atoms with van der Waals surface area (Å²) < 4.78 is 12.2. The predicted octanol–water partition coefficient (Wildman–Crippen LogP) is 5.16. The van der Waals surface area contributed by atoms with Crippen LogP contribution in [0.2, 0.25) is 0 Å². The highest BCUT2D eigenvalue weighted by Gasteiger charge is 2.26. The zero-order valence-corrected chi connectivity index (χ0v) is 20.6. The van der Waals surface area contributed by atoms with Gasteiger partial charge in [-0.1, -0.05) is 47.7 Å². The van der Waals surface area contributed by atoms with Crippen LogP contribution in [0.25, 0.3) is 32.0 Å². The highest BCUT2D eigenvalue weighted by atomic mass is 32.1. The number of carbonyl (C=O) groups is 1. The molecule has 0 saturated heterocycles. The van der Waals surface area contributed by atoms with Crippen LogP contribution in [0.15, 0.2) is 69.9 Å². The number of anilines is 1. The summed E-state index contributed by atoms with van der Waals surface area (Å²) in [6, 6.07) is 18.9. The molecule has 5 aromatic rings. The van der Waals surface area contributed by atoms with Crippen molar-refractivity contribution in [2.75, 3.05) is 38.7 Å². The van der Waals surface area contributed by atoms with Crippen LogP contribution in [0.3, 0.4) is 0 Å². The van der Waals surface area contributed by atoms with Crippen LogP contribution < -0.4 is 15.3 Å². The van der Waals surface area contributed by atoms with Crippen molar-refractivity contribution in [3.63, 3.8) is 0 Å². The van der Waals surface area contributed by atoms with Gasteiger partial charge < -0.3 is 14.1 Å². The van der Waals surface area contributed by atoms with Gasteiger partial charge in [0.15, 0.2) is 5.13 Å². The molecular weight excluding hydrogens is 462 g/mol. The number of amides is 1. The molecule has 0 aliphatic rings. The van der Waals surface area contributed by atoms with Gasteiger partial charge in [-0.05, 0) is 56.1 Å². The summed E-state index contributed by atoms with van der Waals surface area (Å²) in [6.45, 7) is 3.40. The third kappa shape index (κ3) is 4.38. The minimum absolute atomic E-state index is 0.0168. The van der Waals surface area contributed by atoms with E-state index < -0.39 is 11.5 Å². The first-order valence-corrected chi connectivity index (χ1v) is 12.2. The van der Waals surface area contributed by atoms with Gasteiger partial charge in [0.25, 0.3) is 5.91 Å². The number of carbonyl (C=O) groups excluding carboxylic acids is 1. The monoisotopic (exact) mass is 487 g/mol. The number of thiazole rings is 1. The molecule has 0 spiro atoms. The number of rotatable bonds is 7. The molecule has 0 radical (unpaired) electrons. The van der Waals surface area contributed by atoms with Gasteiger partial charge in [0, 0.05) is 18.5 Å². The Kier molecular flexibility index (Phi) is 6.23. The summed E-state index contributed by atoms with van der Waals surface area (Å²) >= 11 is 1.39. The van der Waals surface area contributed by atoms with E-state index in [1.807, 2.05) is 74.4 Å². The fraction of sp³-hybridized carbons (Fsp3) is 0.222. The van der Waals surface area contributed by atoms with Crippen molar-refractivity contribution >= 4 is 54.3 Å². The van der Waals surface area contributed by atoms with E-state index >= 15 is 0 Å². The molecule has 3 aromatic carbocycles. The third-order valence-corrected chi connectivity index (χ3v) is 6.83. The first-order chi connectivity index (χ1) is 17.0. The lowest BCUT2D eigenvalue weighted by atomic mass is 10.0. The molecule has 1 amide bonds. The molecule has 0 unspecified atom stereocenters. The smallest absolute Gasteiger partial charge is 0.349 e. The summed E-state index contributed by atoms with van der Waals surface area (Å²) in [7, 11) is 3.87. The van der Waals surface area contributed by atoms with Crippen molar-refractivity contribution in [2.45, 2.75) is 6.92 Å². The number of likely N-dealkylation sites (N-methyl/N-ethyl adjacent to an activating group) is 1. The molecule has 0 aliphatic carbocycles. The molecule has 178 valence electrons. The number of hydrogen-bond donors (Lipinski definition) is 0. The molecule has 2 heterocycles. The maximum atomic E-state index is 13.8. The lowest BCUT2D eigenvalue weighted by Crippen LogP contribution is -2.38. The first kappa shape index (κ1) is 23.0. The standard InChI is InChI=1S/C27H25N3O4S/c1-4-33-22-10-7-11-23-24(22)28-27(35-23)30(15-14-29(2)3)25(31)20-16-19-18-9-6-5-8-17(18)12-13-21(19)34-26(20)32/h5-13,16H,4,14-15H2,1-3H3. The Hall–Kier alpha value is -3.75. The van der Waals surface area contributed by atoms with Crippen molar-refractivity contribution in [3.8, 4) is 5.75 Å². The maximum absolute atomic E-state index is 13.8. The SMILES string of the molecule is CCOc1cccc2sc(N(CCN(C)C)C(=O)c3cc4c(ccc5ccccc54)oc3=O)nc12. The molecule has 0 aliphatic heterocycles. The second kappa shape index (κ2) is 9.48. The van der Waals surface area contributed by atoms with Crippen LogP contribution in [-0.4, -0.2) is 49.6 Å². The second-order valence-electron chi connectivity index (χ2n) is 8.44. The van der Waals surface area contributed by atoms with E-state index in [1.54, 1.807) is 17.0 Å². The number of aromatic nitrogens is 1. The molecule has 0 N–H and O–H groups in total. The molecular formula is C27H25N3O4S. The van der Waals surface area contributed by atoms with Crippen molar-refractivity contribution in [3.05, 3.63) is 76.6 Å². The van der Waals surface area contributed by atoms with Crippen LogP contribution in [0.5, 0.6) is 5.75 Å². The second-order valence-corrected chi connectivity index (χ2v) is 9.45. The zero-order valence-electron chi connectivity index (χ0n) is 19.8. The van der Waals surface area contributed by atoms with E-state index in [0.29, 0.717) is 41.7 Å². The molecule has 0 saturated carbocycles. The van der Waals surface area contributed by atoms with E-state index in [-0.39, 0.29) is 5.56 Å². The number of para-hydroxylation sites is 1. The summed E-state index contributed by atoms with van der Waals surface area (Å²) in [5, 5.41) is 3.16. The van der Waals surface area contributed by atoms with Crippen molar-refractivity contribution < 1.29 is 13.9 Å². The van der Waals surface area contributed by atoms with Gasteiger partial charge in [-0.25, -0.2) is 9.78 Å². The molecule has 5 rings (SSSR count). The van der Waals surface area contributed by atoms with Crippen molar-refractivity contribution in [1.82, 2.24) is 9.88 Å². The van der Waals surface area contributed by atoms with Gasteiger partial charge in [0.2, 0.25) is 0 Å². The summed E-state index contributed by atoms with van der Waals surface area (Å²) in [6.07, 6.45) is 0. The number of benzene rings is 3. The lowest BCUT2D eigenvalue weighted by molar-refractivity contribution is 0.0982. The molecule has 7 nitrogen and oxygen atoms in total. The third-order valence-electron chi connectivity index (χ3n) is 5.79. The molecule has 0 fully saturated rings. The fourth-order valence-corrected chi connectivity index (χ4v) is 5.06. The van der Waals surface area contributed by atoms with Crippen LogP contribution in [0.1, 0.15) is 17.3 Å². The fourth-order valence-electron chi connectivity index (χ4n) is 4.05. The van der Waals surface area contributed by atoms with Crippen LogP contribution >= 0.6 is 11.3 Å². The molecule has 0 atom stereocenters. The number of hydrogen-bond acceptors (Lipinski definition) is 7. The summed E-state index contributed by atoms with van der Waals surface area (Å²) in [4.78, 5) is 35.0. The minimum atomic E-state index is -0.663. The number of ether oxygens (including phenoxy) is 1. The van der Waals surface area contributed by atoms with E-state index in [9.17, 15) is 9.59 Å². The maximum Gasteiger partial charge on any atom is 0.349 e. The minimum Gasteiger partial charge on any atom is -0.492 e. The number of nitrogens with zero attached hydrogens (tertiary/aromatic N) is 3. The first-order valence-electron chi connectivity index (χ1n) is 11.4. The van der Waals surface area contributed by atoms with Gasteiger partial charge in [0.1, 0.15) is 22.4 Å². The predicted molar refractivity (Wildman–Crippen MR) is 141 cm³/mol. The lowest BCUT2D eigenvalue weighted by Gasteiger charge is -2.21. The van der Waals surface area contributed by atoms with Crippen LogP contribution in [0, 0.1) is 0 Å². The molecule has 2 aromatic heterocycles. The van der Waals surface area contributed by atoms with Gasteiger partial charge in [-0.15, -0.1) is 0 Å². The van der Waals surface area contributed by atoms with Gasteiger partial charge >= 0.3 is 5.63 Å². The van der Waals surface area contributed by atoms with E-state index in [1.165, 1.54) is 11.3 Å². The summed E-state index contributed by atoms with van der Waals surface area (Å²) in [5.41, 5.74) is 0.473. The average molecular weight is 488 g/mol. The van der Waals surface area contributed by atoms with Crippen LogP contribution in [0.4, 0.5) is 5.13 Å². The Labute approximate surface area is 206 Å². The number of fused-ring (bicyclic) bond motifs is 4. The van der Waals surface area contributed by atoms with Crippen LogP contribution in [-0.2, 0) is 0 Å². The van der Waals surface area contributed by atoms with Crippen molar-refractivity contribution in [2.24, 2.45) is 0 Å². The largest absolute Gasteiger partial charge is 0.492 e. The Morgan fingerprint density at radius 3 is 2.66 bits per heavy atom. The van der Waals surface area contributed by atoms with E-state index in [0.717, 1.165) is 20.9 Å². The Morgan fingerprint density at radius 2 is 1.86 bits per heavy atom. The van der Waals surface area contributed by atoms with E-state index in [4.69, 9.17) is 14.1 Å². The Morgan fingerprint density at radius 1 is 1.03 bits per heavy atom.